The minimum absolute atomic E-state index is 0.267. The zero-order valence-electron chi connectivity index (χ0n) is 6.08. The molecule has 0 saturated carbocycles. The van der Waals surface area contributed by atoms with Gasteiger partial charge in [0.15, 0.2) is 0 Å². The first-order valence-electron chi connectivity index (χ1n) is 3.81. The molecule has 0 N–H and O–H groups in total. The van der Waals surface area contributed by atoms with Gasteiger partial charge in [-0.25, -0.2) is 9.59 Å². The average molecular weight is 155 g/mol. The normalized spacial score (nSPS) is 30.2. The fourth-order valence-electron chi connectivity index (χ4n) is 1.61. The van der Waals surface area contributed by atoms with Gasteiger partial charge in [0.1, 0.15) is 6.04 Å². The standard InChI is InChI=1S/C7H9NO3/c9-6-5-3-1-2-4-8(5)7(10)11-6/h5H,1-4H2. The molecule has 0 bridgehead atoms. The van der Waals surface area contributed by atoms with E-state index in [-0.39, 0.29) is 12.0 Å². The van der Waals surface area contributed by atoms with Crippen LogP contribution in [0.2, 0.25) is 0 Å². The van der Waals surface area contributed by atoms with Crippen molar-refractivity contribution in [3.63, 3.8) is 0 Å². The van der Waals surface area contributed by atoms with Crippen LogP contribution in [-0.2, 0) is 9.53 Å². The van der Waals surface area contributed by atoms with Crippen molar-refractivity contribution in [1.29, 1.82) is 0 Å². The topological polar surface area (TPSA) is 46.6 Å². The number of hydrogen-bond acceptors (Lipinski definition) is 3. The molecule has 0 aromatic carbocycles. The average Bonchev–Trinajstić information content (AvgIpc) is 2.30. The van der Waals surface area contributed by atoms with Gasteiger partial charge in [0.25, 0.3) is 0 Å². The van der Waals surface area contributed by atoms with E-state index >= 15 is 0 Å². The van der Waals surface area contributed by atoms with Crippen molar-refractivity contribution >= 4 is 12.1 Å². The summed E-state index contributed by atoms with van der Waals surface area (Å²) in [5.41, 5.74) is 0. The van der Waals surface area contributed by atoms with E-state index in [0.717, 1.165) is 19.3 Å². The molecular formula is C7H9NO3. The predicted molar refractivity (Wildman–Crippen MR) is 35.8 cm³/mol. The highest BCUT2D eigenvalue weighted by Gasteiger charge is 2.41. The molecule has 0 aromatic heterocycles. The molecule has 60 valence electrons. The first-order chi connectivity index (χ1) is 5.29. The molecular weight excluding hydrogens is 146 g/mol. The van der Waals surface area contributed by atoms with Crippen LogP contribution in [0.5, 0.6) is 0 Å². The van der Waals surface area contributed by atoms with Crippen molar-refractivity contribution in [3.8, 4) is 0 Å². The number of carbonyl (C=O) groups excluding carboxylic acids is 2. The fourth-order valence-corrected chi connectivity index (χ4v) is 1.61. The van der Waals surface area contributed by atoms with Crippen molar-refractivity contribution in [2.75, 3.05) is 6.54 Å². The predicted octanol–water partition coefficient (Wildman–Crippen LogP) is 0.518. The van der Waals surface area contributed by atoms with Gasteiger partial charge >= 0.3 is 12.1 Å². The number of cyclic esters (lactones) is 2. The molecule has 0 aliphatic carbocycles. The number of carbonyl (C=O) groups is 2. The quantitative estimate of drug-likeness (QED) is 0.378. The molecule has 0 radical (unpaired) electrons. The number of hydrogen-bond donors (Lipinski definition) is 0. The summed E-state index contributed by atoms with van der Waals surface area (Å²) in [6.45, 7) is 0.676. The Hall–Kier alpha value is -1.06. The summed E-state index contributed by atoms with van der Waals surface area (Å²) in [5, 5.41) is 0. The van der Waals surface area contributed by atoms with Crippen LogP contribution in [0.4, 0.5) is 4.79 Å². The Morgan fingerprint density at radius 1 is 1.36 bits per heavy atom. The highest BCUT2D eigenvalue weighted by molar-refractivity contribution is 5.95. The third-order valence-electron chi connectivity index (χ3n) is 2.20. The minimum atomic E-state index is -0.459. The second-order valence-corrected chi connectivity index (χ2v) is 2.89. The van der Waals surface area contributed by atoms with E-state index in [9.17, 15) is 9.59 Å². The zero-order chi connectivity index (χ0) is 7.84. The molecule has 2 aliphatic rings. The highest BCUT2D eigenvalue weighted by Crippen LogP contribution is 2.23. The van der Waals surface area contributed by atoms with Gasteiger partial charge in [0, 0.05) is 6.54 Å². The molecule has 0 aromatic rings. The van der Waals surface area contributed by atoms with Gasteiger partial charge in [0.05, 0.1) is 0 Å². The third-order valence-corrected chi connectivity index (χ3v) is 2.20. The Morgan fingerprint density at radius 2 is 2.18 bits per heavy atom. The van der Waals surface area contributed by atoms with E-state index in [1.54, 1.807) is 0 Å². The van der Waals surface area contributed by atoms with E-state index < -0.39 is 6.09 Å². The van der Waals surface area contributed by atoms with Crippen molar-refractivity contribution in [1.82, 2.24) is 4.90 Å². The van der Waals surface area contributed by atoms with Crippen LogP contribution in [-0.4, -0.2) is 29.5 Å². The lowest BCUT2D eigenvalue weighted by Gasteiger charge is -2.24. The zero-order valence-corrected chi connectivity index (χ0v) is 6.08. The Labute approximate surface area is 64.1 Å². The number of fused-ring (bicyclic) bond motifs is 1. The van der Waals surface area contributed by atoms with E-state index in [1.807, 2.05) is 0 Å². The Kier molecular flexibility index (Phi) is 1.34. The summed E-state index contributed by atoms with van der Waals surface area (Å²) in [4.78, 5) is 23.4. The summed E-state index contributed by atoms with van der Waals surface area (Å²) >= 11 is 0. The van der Waals surface area contributed by atoms with E-state index in [4.69, 9.17) is 0 Å². The van der Waals surface area contributed by atoms with Gasteiger partial charge in [0.2, 0.25) is 0 Å². The maximum absolute atomic E-state index is 10.9. The van der Waals surface area contributed by atoms with Crippen LogP contribution in [0.25, 0.3) is 0 Å². The summed E-state index contributed by atoms with van der Waals surface area (Å²) in [7, 11) is 0. The number of nitrogens with zero attached hydrogens (tertiary/aromatic N) is 1. The lowest BCUT2D eigenvalue weighted by Crippen LogP contribution is -2.38. The largest absolute Gasteiger partial charge is 0.418 e. The molecule has 4 heteroatoms. The lowest BCUT2D eigenvalue weighted by molar-refractivity contribution is -0.136. The SMILES string of the molecule is O=C1OC(=O)N2CCCCC12. The first-order valence-corrected chi connectivity index (χ1v) is 3.81. The van der Waals surface area contributed by atoms with E-state index in [0.29, 0.717) is 6.54 Å². The summed E-state index contributed by atoms with van der Waals surface area (Å²) in [6.07, 6.45) is 2.31. The molecule has 11 heavy (non-hydrogen) atoms. The van der Waals surface area contributed by atoms with Crippen molar-refractivity contribution in [3.05, 3.63) is 0 Å². The van der Waals surface area contributed by atoms with Gasteiger partial charge in [-0.3, -0.25) is 4.90 Å². The van der Waals surface area contributed by atoms with E-state index in [1.165, 1.54) is 4.90 Å². The smallest absolute Gasteiger partial charge is 0.375 e. The maximum Gasteiger partial charge on any atom is 0.418 e. The molecule has 1 unspecified atom stereocenters. The Bertz CT molecular complexity index is 192. The number of piperidine rings is 1. The molecule has 2 fully saturated rings. The first kappa shape index (κ1) is 6.64. The number of ether oxygens (including phenoxy) is 1. The maximum atomic E-state index is 10.9. The van der Waals surface area contributed by atoms with Crippen LogP contribution in [0.3, 0.4) is 0 Å². The van der Waals surface area contributed by atoms with Gasteiger partial charge < -0.3 is 4.74 Å². The summed E-state index contributed by atoms with van der Waals surface area (Å²) in [5.74, 6) is -0.366. The number of rotatable bonds is 0. The van der Waals surface area contributed by atoms with Crippen LogP contribution in [0, 0.1) is 0 Å². The molecule has 0 spiro atoms. The lowest BCUT2D eigenvalue weighted by atomic mass is 10.0. The number of amides is 1. The molecule has 1 amide bonds. The van der Waals surface area contributed by atoms with Gasteiger partial charge in [-0.05, 0) is 19.3 Å². The Morgan fingerprint density at radius 3 is 2.91 bits per heavy atom. The molecule has 2 aliphatic heterocycles. The third kappa shape index (κ3) is 0.895. The summed E-state index contributed by atoms with van der Waals surface area (Å²) in [6, 6.07) is -0.267. The van der Waals surface area contributed by atoms with Gasteiger partial charge in [-0.2, -0.15) is 0 Å². The van der Waals surface area contributed by atoms with Crippen LogP contribution in [0.1, 0.15) is 19.3 Å². The fraction of sp³-hybridized carbons (Fsp3) is 0.714. The molecule has 2 heterocycles. The Balaban J connectivity index is 2.19. The minimum Gasteiger partial charge on any atom is -0.375 e. The van der Waals surface area contributed by atoms with Crippen LogP contribution >= 0.6 is 0 Å². The van der Waals surface area contributed by atoms with E-state index in [2.05, 4.69) is 4.74 Å². The number of esters is 1. The molecule has 2 rings (SSSR count). The second-order valence-electron chi connectivity index (χ2n) is 2.89. The van der Waals surface area contributed by atoms with Crippen LogP contribution < -0.4 is 0 Å². The van der Waals surface area contributed by atoms with Gasteiger partial charge in [-0.15, -0.1) is 0 Å². The monoisotopic (exact) mass is 155 g/mol. The highest BCUT2D eigenvalue weighted by atomic mass is 16.6. The van der Waals surface area contributed by atoms with Crippen LogP contribution in [0.15, 0.2) is 0 Å². The molecule has 2 saturated heterocycles. The second kappa shape index (κ2) is 2.22. The van der Waals surface area contributed by atoms with Crippen molar-refractivity contribution in [2.24, 2.45) is 0 Å². The van der Waals surface area contributed by atoms with Crippen molar-refractivity contribution in [2.45, 2.75) is 25.3 Å². The molecule has 4 nitrogen and oxygen atoms in total. The summed E-state index contributed by atoms with van der Waals surface area (Å²) < 4.78 is 4.46. The van der Waals surface area contributed by atoms with Gasteiger partial charge in [-0.1, -0.05) is 0 Å². The molecule has 1 atom stereocenters. The van der Waals surface area contributed by atoms with Crippen molar-refractivity contribution < 1.29 is 14.3 Å².